The van der Waals surface area contributed by atoms with E-state index in [9.17, 15) is 35.9 Å². The van der Waals surface area contributed by atoms with Crippen LogP contribution in [-0.4, -0.2) is 33.3 Å². The molecule has 4 aromatic carbocycles. The summed E-state index contributed by atoms with van der Waals surface area (Å²) >= 11 is 0. The van der Waals surface area contributed by atoms with Crippen molar-refractivity contribution in [2.75, 3.05) is 10.6 Å². The molecule has 0 bridgehead atoms. The minimum atomic E-state index is -4.90. The van der Waals surface area contributed by atoms with Crippen LogP contribution >= 0.6 is 0 Å². The summed E-state index contributed by atoms with van der Waals surface area (Å²) in [5, 5.41) is 7.21. The fourth-order valence-corrected chi connectivity index (χ4v) is 4.90. The summed E-state index contributed by atoms with van der Waals surface area (Å²) in [6.07, 6.45) is -9.79. The summed E-state index contributed by atoms with van der Waals surface area (Å²) in [5.41, 5.74) is 3.99. The number of fused-ring (bicyclic) bond motifs is 6. The number of carbonyl (C=O) groups is 2. The van der Waals surface area contributed by atoms with Crippen LogP contribution in [0.3, 0.4) is 0 Å². The number of benzene rings is 4. The fraction of sp³-hybridized carbons (Fsp3) is 0.133. The first-order valence-corrected chi connectivity index (χ1v) is 12.5. The standard InChI is InChI=1S/2C15H11F3N2O/c2*1-20-12-5-3-2-4-10(12)11-8-9(6-7-13(11)20)19-14(21)15(16,17)18/h2*2-8H,1H3,(H,19,21). The first-order valence-electron chi connectivity index (χ1n) is 12.5. The molecule has 6 rings (SSSR count). The fourth-order valence-electron chi connectivity index (χ4n) is 4.90. The van der Waals surface area contributed by atoms with Crippen LogP contribution in [0.2, 0.25) is 0 Å². The van der Waals surface area contributed by atoms with Gasteiger partial charge in [0.25, 0.3) is 0 Å². The zero-order valence-electron chi connectivity index (χ0n) is 22.1. The molecule has 2 aromatic heterocycles. The average Bonchev–Trinajstić information content (AvgIpc) is 3.39. The molecule has 0 unspecified atom stereocenters. The van der Waals surface area contributed by atoms with Crippen LogP contribution in [0.15, 0.2) is 84.9 Å². The quantitative estimate of drug-likeness (QED) is 0.205. The number of rotatable bonds is 2. The highest BCUT2D eigenvalue weighted by Gasteiger charge is 2.39. The molecule has 2 N–H and O–H groups in total. The van der Waals surface area contributed by atoms with Crippen molar-refractivity contribution >= 4 is 66.8 Å². The number of amides is 2. The molecule has 0 aliphatic heterocycles. The maximum absolute atomic E-state index is 12.3. The minimum Gasteiger partial charge on any atom is -0.344 e. The van der Waals surface area contributed by atoms with Gasteiger partial charge in [0.05, 0.1) is 0 Å². The molecular weight excluding hydrogens is 562 g/mol. The highest BCUT2D eigenvalue weighted by atomic mass is 19.4. The van der Waals surface area contributed by atoms with Crippen LogP contribution in [0.5, 0.6) is 0 Å². The van der Waals surface area contributed by atoms with Crippen LogP contribution in [-0.2, 0) is 23.7 Å². The molecule has 0 saturated carbocycles. The molecular formula is C30H22F6N4O2. The number of nitrogens with zero attached hydrogens (tertiary/aromatic N) is 2. The van der Waals surface area contributed by atoms with Gasteiger partial charge in [0, 0.05) is 69.1 Å². The number of anilines is 2. The number of hydrogen-bond donors (Lipinski definition) is 2. The average molecular weight is 585 g/mol. The van der Waals surface area contributed by atoms with Gasteiger partial charge in [0.1, 0.15) is 0 Å². The number of para-hydroxylation sites is 2. The zero-order chi connectivity index (χ0) is 30.4. The lowest BCUT2D eigenvalue weighted by molar-refractivity contribution is -0.167. The second-order valence-corrected chi connectivity index (χ2v) is 9.52. The Balaban J connectivity index is 0.000000168. The highest BCUT2D eigenvalue weighted by molar-refractivity contribution is 6.11. The number of carbonyl (C=O) groups excluding carboxylic acids is 2. The van der Waals surface area contributed by atoms with Crippen molar-refractivity contribution in [2.45, 2.75) is 12.4 Å². The van der Waals surface area contributed by atoms with Gasteiger partial charge in [-0.25, -0.2) is 0 Å². The van der Waals surface area contributed by atoms with E-state index in [-0.39, 0.29) is 11.4 Å². The topological polar surface area (TPSA) is 68.1 Å². The van der Waals surface area contributed by atoms with Gasteiger partial charge in [-0.05, 0) is 48.5 Å². The molecule has 6 aromatic rings. The number of aromatic nitrogens is 2. The van der Waals surface area contributed by atoms with E-state index < -0.39 is 24.2 Å². The van der Waals surface area contributed by atoms with Crippen LogP contribution in [0.4, 0.5) is 37.7 Å². The molecule has 0 saturated heterocycles. The minimum absolute atomic E-state index is 0.126. The van der Waals surface area contributed by atoms with E-state index in [4.69, 9.17) is 0 Å². The molecule has 0 atom stereocenters. The third-order valence-electron chi connectivity index (χ3n) is 6.86. The van der Waals surface area contributed by atoms with Gasteiger partial charge < -0.3 is 19.8 Å². The number of hydrogen-bond acceptors (Lipinski definition) is 2. The molecule has 0 aliphatic carbocycles. The van der Waals surface area contributed by atoms with E-state index in [2.05, 4.69) is 0 Å². The summed E-state index contributed by atoms with van der Waals surface area (Å²) in [6, 6.07) is 24.6. The molecule has 6 nitrogen and oxygen atoms in total. The van der Waals surface area contributed by atoms with E-state index in [0.29, 0.717) is 0 Å². The Labute approximate surface area is 234 Å². The predicted octanol–water partition coefficient (Wildman–Crippen LogP) is 7.66. The van der Waals surface area contributed by atoms with Crippen LogP contribution in [0.25, 0.3) is 43.6 Å². The Morgan fingerprint density at radius 1 is 0.524 bits per heavy atom. The number of nitrogens with one attached hydrogen (secondary N) is 2. The summed E-state index contributed by atoms with van der Waals surface area (Å²) in [6.45, 7) is 0. The Morgan fingerprint density at radius 2 is 0.857 bits per heavy atom. The zero-order valence-corrected chi connectivity index (χ0v) is 22.1. The molecule has 0 radical (unpaired) electrons. The van der Waals surface area contributed by atoms with Crippen molar-refractivity contribution in [1.82, 2.24) is 9.13 Å². The lowest BCUT2D eigenvalue weighted by atomic mass is 10.1. The van der Waals surface area contributed by atoms with Crippen molar-refractivity contribution in [3.8, 4) is 0 Å². The van der Waals surface area contributed by atoms with Crippen molar-refractivity contribution in [2.24, 2.45) is 14.1 Å². The van der Waals surface area contributed by atoms with E-state index >= 15 is 0 Å². The van der Waals surface area contributed by atoms with E-state index in [1.165, 1.54) is 12.1 Å². The van der Waals surface area contributed by atoms with E-state index in [1.54, 1.807) is 24.3 Å². The monoisotopic (exact) mass is 584 g/mol. The normalized spacial score (nSPS) is 12.0. The Hall–Kier alpha value is -5.00. The van der Waals surface area contributed by atoms with Crippen molar-refractivity contribution in [3.05, 3.63) is 84.9 Å². The number of halogens is 6. The van der Waals surface area contributed by atoms with Crippen molar-refractivity contribution in [3.63, 3.8) is 0 Å². The smallest absolute Gasteiger partial charge is 0.344 e. The van der Waals surface area contributed by atoms with Gasteiger partial charge in [-0.2, -0.15) is 26.3 Å². The Bertz CT molecular complexity index is 1840. The number of alkyl halides is 6. The third kappa shape index (κ3) is 5.35. The highest BCUT2D eigenvalue weighted by Crippen LogP contribution is 2.32. The van der Waals surface area contributed by atoms with Gasteiger partial charge in [-0.15, -0.1) is 0 Å². The molecule has 0 fully saturated rings. The lowest BCUT2D eigenvalue weighted by Gasteiger charge is -2.08. The SMILES string of the molecule is Cn1c2ccccc2c2cc(NC(=O)C(F)(F)F)ccc21.Cn1c2ccccc2c2cc(NC(=O)C(F)(F)F)ccc21. The maximum Gasteiger partial charge on any atom is 0.471 e. The first kappa shape index (κ1) is 28.5. The van der Waals surface area contributed by atoms with Gasteiger partial charge in [0.15, 0.2) is 0 Å². The third-order valence-corrected chi connectivity index (χ3v) is 6.86. The predicted molar refractivity (Wildman–Crippen MR) is 150 cm³/mol. The second kappa shape index (κ2) is 10.4. The Kier molecular flexibility index (Phi) is 7.09. The van der Waals surface area contributed by atoms with Gasteiger partial charge in [0.2, 0.25) is 0 Å². The molecule has 42 heavy (non-hydrogen) atoms. The lowest BCUT2D eigenvalue weighted by Crippen LogP contribution is -2.29. The van der Waals surface area contributed by atoms with E-state index in [1.807, 2.05) is 82.4 Å². The maximum atomic E-state index is 12.3. The van der Waals surface area contributed by atoms with Gasteiger partial charge >= 0.3 is 24.2 Å². The molecule has 2 heterocycles. The van der Waals surface area contributed by atoms with E-state index in [0.717, 1.165) is 43.6 Å². The van der Waals surface area contributed by atoms with Gasteiger partial charge in [-0.3, -0.25) is 9.59 Å². The van der Waals surface area contributed by atoms with Crippen LogP contribution in [0, 0.1) is 0 Å². The second-order valence-electron chi connectivity index (χ2n) is 9.52. The van der Waals surface area contributed by atoms with Gasteiger partial charge in [-0.1, -0.05) is 36.4 Å². The van der Waals surface area contributed by atoms with Crippen molar-refractivity contribution in [1.29, 1.82) is 0 Å². The molecule has 12 heteroatoms. The van der Waals surface area contributed by atoms with Crippen molar-refractivity contribution < 1.29 is 35.9 Å². The summed E-state index contributed by atoms with van der Waals surface area (Å²) in [5.74, 6) is -3.94. The van der Waals surface area contributed by atoms with Crippen LogP contribution in [0.1, 0.15) is 0 Å². The van der Waals surface area contributed by atoms with Crippen LogP contribution < -0.4 is 10.6 Å². The Morgan fingerprint density at radius 3 is 1.21 bits per heavy atom. The summed E-state index contributed by atoms with van der Waals surface area (Å²) in [4.78, 5) is 22.0. The molecule has 0 aliphatic rings. The first-order chi connectivity index (χ1) is 19.8. The number of aryl methyl sites for hydroxylation is 2. The molecule has 216 valence electrons. The summed E-state index contributed by atoms with van der Waals surface area (Å²) in [7, 11) is 3.78. The molecule has 0 spiro atoms. The largest absolute Gasteiger partial charge is 0.471 e. The molecule has 2 amide bonds. The summed E-state index contributed by atoms with van der Waals surface area (Å²) < 4.78 is 77.7.